The maximum atomic E-state index is 12.0. The zero-order valence-corrected chi connectivity index (χ0v) is 12.3. The van der Waals surface area contributed by atoms with Crippen LogP contribution in [0.3, 0.4) is 0 Å². The zero-order chi connectivity index (χ0) is 14.3. The van der Waals surface area contributed by atoms with Crippen LogP contribution in [0.1, 0.15) is 36.5 Å². The molecule has 0 saturated carbocycles. The van der Waals surface area contributed by atoms with Crippen LogP contribution in [0, 0.1) is 0 Å². The first-order valence-electron chi connectivity index (χ1n) is 6.17. The van der Waals surface area contributed by atoms with Gasteiger partial charge in [0.2, 0.25) is 0 Å². The molecule has 0 aliphatic heterocycles. The number of thioether (sulfide) groups is 1. The molecule has 0 heterocycles. The number of hydrogen-bond donors (Lipinski definition) is 1. The lowest BCUT2D eigenvalue weighted by Crippen LogP contribution is -2.21. The summed E-state index contributed by atoms with van der Waals surface area (Å²) in [7, 11) is 0. The van der Waals surface area contributed by atoms with E-state index in [4.69, 9.17) is 16.7 Å². The van der Waals surface area contributed by atoms with Crippen LogP contribution in [0.2, 0.25) is 5.02 Å². The van der Waals surface area contributed by atoms with Crippen molar-refractivity contribution in [2.45, 2.75) is 31.4 Å². The maximum absolute atomic E-state index is 12.0. The van der Waals surface area contributed by atoms with Crippen LogP contribution in [0.5, 0.6) is 0 Å². The fourth-order valence-corrected chi connectivity index (χ4v) is 2.79. The molecular formula is C14H17ClO3S. The lowest BCUT2D eigenvalue weighted by Gasteiger charge is -2.11. The molecule has 0 spiro atoms. The van der Waals surface area contributed by atoms with E-state index in [1.807, 2.05) is 0 Å². The van der Waals surface area contributed by atoms with Crippen molar-refractivity contribution in [1.29, 1.82) is 0 Å². The maximum Gasteiger partial charge on any atom is 0.317 e. The molecule has 1 atom stereocenters. The van der Waals surface area contributed by atoms with Crippen molar-refractivity contribution in [1.82, 2.24) is 0 Å². The Kier molecular flexibility index (Phi) is 6.95. The van der Waals surface area contributed by atoms with E-state index in [1.54, 1.807) is 24.3 Å². The van der Waals surface area contributed by atoms with E-state index in [0.29, 0.717) is 10.6 Å². The third-order valence-corrected chi connectivity index (χ3v) is 4.18. The van der Waals surface area contributed by atoms with E-state index in [0.717, 1.165) is 18.6 Å². The van der Waals surface area contributed by atoms with E-state index in [9.17, 15) is 9.59 Å². The summed E-state index contributed by atoms with van der Waals surface area (Å²) in [6.07, 6.45) is 2.00. The second kappa shape index (κ2) is 8.23. The summed E-state index contributed by atoms with van der Waals surface area (Å²) in [4.78, 5) is 23.1. The molecule has 0 fully saturated rings. The molecule has 0 aliphatic rings. The van der Waals surface area contributed by atoms with Crippen molar-refractivity contribution in [3.63, 3.8) is 0 Å². The van der Waals surface area contributed by atoms with Crippen molar-refractivity contribution in [2.24, 2.45) is 0 Å². The Morgan fingerprint density at radius 3 is 2.47 bits per heavy atom. The molecule has 0 aliphatic carbocycles. The van der Waals surface area contributed by atoms with Crippen molar-refractivity contribution >= 4 is 35.1 Å². The number of carbonyl (C=O) groups excluding carboxylic acids is 1. The molecule has 1 unspecified atom stereocenters. The molecular weight excluding hydrogens is 284 g/mol. The third-order valence-electron chi connectivity index (χ3n) is 2.63. The highest BCUT2D eigenvalue weighted by atomic mass is 35.5. The van der Waals surface area contributed by atoms with Crippen LogP contribution in [-0.4, -0.2) is 27.9 Å². The van der Waals surface area contributed by atoms with E-state index in [-0.39, 0.29) is 12.2 Å². The third kappa shape index (κ3) is 5.66. The van der Waals surface area contributed by atoms with Crippen LogP contribution in [-0.2, 0) is 4.79 Å². The average molecular weight is 301 g/mol. The minimum Gasteiger partial charge on any atom is -0.480 e. The van der Waals surface area contributed by atoms with Gasteiger partial charge in [0, 0.05) is 17.0 Å². The van der Waals surface area contributed by atoms with Crippen LogP contribution >= 0.6 is 23.4 Å². The largest absolute Gasteiger partial charge is 0.480 e. The number of unbranched alkanes of at least 4 members (excludes halogenated alkanes) is 1. The quantitative estimate of drug-likeness (QED) is 0.584. The summed E-state index contributed by atoms with van der Waals surface area (Å²) in [6.45, 7) is 2.05. The molecule has 1 rings (SSSR count). The number of hydrogen-bond acceptors (Lipinski definition) is 3. The van der Waals surface area contributed by atoms with Gasteiger partial charge in [-0.3, -0.25) is 9.59 Å². The Labute approximate surface area is 122 Å². The van der Waals surface area contributed by atoms with Gasteiger partial charge in [-0.2, -0.15) is 0 Å². The number of carboxylic acids is 1. The van der Waals surface area contributed by atoms with E-state index in [1.165, 1.54) is 11.8 Å². The Morgan fingerprint density at radius 1 is 1.32 bits per heavy atom. The fraction of sp³-hybridized carbons (Fsp3) is 0.429. The highest BCUT2D eigenvalue weighted by Gasteiger charge is 2.22. The number of aliphatic carboxylic acids is 1. The van der Waals surface area contributed by atoms with Crippen molar-refractivity contribution in [3.8, 4) is 0 Å². The van der Waals surface area contributed by atoms with E-state index in [2.05, 4.69) is 6.92 Å². The van der Waals surface area contributed by atoms with E-state index >= 15 is 0 Å². The minimum atomic E-state index is -0.927. The molecule has 0 bridgehead atoms. The number of Topliss-reactive ketones (excluding diaryl/α,β-unsaturated/α-hetero) is 1. The van der Waals surface area contributed by atoms with Gasteiger partial charge in [-0.15, -0.1) is 11.8 Å². The predicted octanol–water partition coefficient (Wildman–Crippen LogP) is 3.90. The van der Waals surface area contributed by atoms with Crippen molar-refractivity contribution < 1.29 is 14.7 Å². The highest BCUT2D eigenvalue weighted by Crippen LogP contribution is 2.20. The number of benzene rings is 1. The van der Waals surface area contributed by atoms with Crippen LogP contribution in [0.25, 0.3) is 0 Å². The van der Waals surface area contributed by atoms with Gasteiger partial charge in [-0.1, -0.05) is 24.9 Å². The van der Waals surface area contributed by atoms with Gasteiger partial charge in [0.15, 0.2) is 5.78 Å². The minimum absolute atomic E-state index is 0.0192. The summed E-state index contributed by atoms with van der Waals surface area (Å²) in [6, 6.07) is 6.52. The molecule has 1 aromatic rings. The van der Waals surface area contributed by atoms with Gasteiger partial charge in [0.1, 0.15) is 5.25 Å². The molecule has 0 aromatic heterocycles. The average Bonchev–Trinajstić information content (AvgIpc) is 2.38. The number of carbonyl (C=O) groups is 2. The van der Waals surface area contributed by atoms with Crippen LogP contribution < -0.4 is 0 Å². The van der Waals surface area contributed by atoms with Crippen LogP contribution in [0.15, 0.2) is 24.3 Å². The Morgan fingerprint density at radius 2 is 1.95 bits per heavy atom. The molecule has 19 heavy (non-hydrogen) atoms. The fourth-order valence-electron chi connectivity index (χ4n) is 1.51. The van der Waals surface area contributed by atoms with Gasteiger partial charge in [0.25, 0.3) is 0 Å². The molecule has 0 radical (unpaired) electrons. The Bertz CT molecular complexity index is 431. The molecule has 0 amide bonds. The lowest BCUT2D eigenvalue weighted by atomic mass is 10.1. The van der Waals surface area contributed by atoms with Crippen LogP contribution in [0.4, 0.5) is 0 Å². The molecule has 1 aromatic carbocycles. The van der Waals surface area contributed by atoms with Crippen molar-refractivity contribution in [3.05, 3.63) is 34.9 Å². The molecule has 0 saturated heterocycles. The Hall–Kier alpha value is -1.00. The summed E-state index contributed by atoms with van der Waals surface area (Å²) in [5.74, 6) is -0.321. The number of ketones is 1. The summed E-state index contributed by atoms with van der Waals surface area (Å²) in [5, 5.41) is 9.01. The number of carboxylic acid groups (broad SMARTS) is 1. The first-order chi connectivity index (χ1) is 9.04. The summed E-state index contributed by atoms with van der Waals surface area (Å²) in [5.41, 5.74) is 0.506. The standard InChI is InChI=1S/C14H17ClO3S/c1-2-3-8-19-13(14(17)18)9-12(16)10-4-6-11(15)7-5-10/h4-7,13H,2-3,8-9H2,1H3,(H,17,18). The molecule has 1 N–H and O–H groups in total. The molecule has 5 heteroatoms. The predicted molar refractivity (Wildman–Crippen MR) is 79.2 cm³/mol. The normalized spacial score (nSPS) is 12.1. The van der Waals surface area contributed by atoms with E-state index < -0.39 is 11.2 Å². The molecule has 104 valence electrons. The summed E-state index contributed by atoms with van der Waals surface area (Å²) >= 11 is 7.08. The first kappa shape index (κ1) is 16.1. The first-order valence-corrected chi connectivity index (χ1v) is 7.60. The van der Waals surface area contributed by atoms with Gasteiger partial charge in [-0.25, -0.2) is 0 Å². The highest BCUT2D eigenvalue weighted by molar-refractivity contribution is 8.00. The second-order valence-electron chi connectivity index (χ2n) is 4.19. The molecule has 3 nitrogen and oxygen atoms in total. The van der Waals surface area contributed by atoms with Gasteiger partial charge in [0.05, 0.1) is 0 Å². The number of halogens is 1. The monoisotopic (exact) mass is 300 g/mol. The Balaban J connectivity index is 2.60. The smallest absolute Gasteiger partial charge is 0.317 e. The van der Waals surface area contributed by atoms with Gasteiger partial charge < -0.3 is 5.11 Å². The topological polar surface area (TPSA) is 54.4 Å². The van der Waals surface area contributed by atoms with Gasteiger partial charge >= 0.3 is 5.97 Å². The van der Waals surface area contributed by atoms with Crippen molar-refractivity contribution in [2.75, 3.05) is 5.75 Å². The number of rotatable bonds is 8. The lowest BCUT2D eigenvalue weighted by molar-refractivity contribution is -0.136. The second-order valence-corrected chi connectivity index (χ2v) is 5.93. The zero-order valence-electron chi connectivity index (χ0n) is 10.8. The van der Waals surface area contributed by atoms with Gasteiger partial charge in [-0.05, 0) is 36.4 Å². The SMILES string of the molecule is CCCCSC(CC(=O)c1ccc(Cl)cc1)C(=O)O. The summed E-state index contributed by atoms with van der Waals surface area (Å²) < 4.78 is 0.